The maximum absolute atomic E-state index is 14.0. The summed E-state index contributed by atoms with van der Waals surface area (Å²) >= 11 is 0. The molecule has 5 nitrogen and oxygen atoms in total. The van der Waals surface area contributed by atoms with Crippen LogP contribution in [0.4, 0.5) is 13.2 Å². The van der Waals surface area contributed by atoms with Crippen LogP contribution in [0.2, 0.25) is 0 Å². The van der Waals surface area contributed by atoms with Gasteiger partial charge in [-0.15, -0.1) is 0 Å². The van der Waals surface area contributed by atoms with Gasteiger partial charge in [-0.1, -0.05) is 25.1 Å². The van der Waals surface area contributed by atoms with Gasteiger partial charge in [-0.05, 0) is 44.9 Å². The van der Waals surface area contributed by atoms with Gasteiger partial charge < -0.3 is 14.4 Å². The van der Waals surface area contributed by atoms with Gasteiger partial charge in [0, 0.05) is 43.0 Å². The molecule has 0 saturated carbocycles. The minimum atomic E-state index is -4.54. The molecule has 8 heteroatoms. The van der Waals surface area contributed by atoms with Crippen LogP contribution in [0.1, 0.15) is 45.2 Å². The van der Waals surface area contributed by atoms with Gasteiger partial charge in [0.15, 0.2) is 0 Å². The van der Waals surface area contributed by atoms with Crippen LogP contribution < -0.4 is 0 Å². The number of carbonyl (C=O) groups excluding carboxylic acids is 1. The van der Waals surface area contributed by atoms with Crippen molar-refractivity contribution in [2.75, 3.05) is 46.0 Å². The number of alkyl halides is 3. The van der Waals surface area contributed by atoms with Crippen molar-refractivity contribution in [1.82, 2.24) is 9.80 Å². The minimum absolute atomic E-state index is 0.0783. The number of allylic oxidation sites excluding steroid dienone is 3. The largest absolute Gasteiger partial charge is 0.463 e. The number of halogens is 3. The van der Waals surface area contributed by atoms with Crippen LogP contribution in [0.5, 0.6) is 0 Å². The number of esters is 1. The molecule has 1 fully saturated rings. The molecule has 1 aromatic rings. The molecule has 2 heterocycles. The van der Waals surface area contributed by atoms with E-state index in [1.807, 2.05) is 31.7 Å². The number of rotatable bonds is 7. The Labute approximate surface area is 193 Å². The topological polar surface area (TPSA) is 42.0 Å². The number of benzene rings is 1. The monoisotopic (exact) mass is 466 g/mol. The van der Waals surface area contributed by atoms with Crippen molar-refractivity contribution in [2.24, 2.45) is 0 Å². The molecule has 0 aromatic heterocycles. The van der Waals surface area contributed by atoms with E-state index in [4.69, 9.17) is 9.47 Å². The van der Waals surface area contributed by atoms with Gasteiger partial charge in [0.2, 0.25) is 0 Å². The number of carbonyl (C=O) groups is 1. The standard InChI is InChI=1S/C25H33F3N2O3/c1-5-24(20-9-7-8-10-21(20)25(26,27)28)17-18(3)30(12-11-29-13-15-32-16-14-29)19(4)22(24)23(31)33-6-2/h7-10,17H,5-6,11-16H2,1-4H3. The van der Waals surface area contributed by atoms with Crippen molar-refractivity contribution in [3.8, 4) is 0 Å². The lowest BCUT2D eigenvalue weighted by Gasteiger charge is -2.43. The van der Waals surface area contributed by atoms with Crippen molar-refractivity contribution in [1.29, 1.82) is 0 Å². The van der Waals surface area contributed by atoms with E-state index >= 15 is 0 Å². The van der Waals surface area contributed by atoms with E-state index < -0.39 is 23.1 Å². The van der Waals surface area contributed by atoms with Crippen LogP contribution in [0.15, 0.2) is 47.3 Å². The molecular formula is C25H33F3N2O3. The summed E-state index contributed by atoms with van der Waals surface area (Å²) in [5.74, 6) is -0.575. The van der Waals surface area contributed by atoms with Gasteiger partial charge in [0.1, 0.15) is 0 Å². The predicted octanol–water partition coefficient (Wildman–Crippen LogP) is 4.74. The third-order valence-corrected chi connectivity index (χ3v) is 6.59. The predicted molar refractivity (Wildman–Crippen MR) is 120 cm³/mol. The van der Waals surface area contributed by atoms with Gasteiger partial charge in [-0.25, -0.2) is 4.79 Å². The van der Waals surface area contributed by atoms with Gasteiger partial charge in [-0.3, -0.25) is 4.90 Å². The molecule has 1 aromatic carbocycles. The minimum Gasteiger partial charge on any atom is -0.463 e. The van der Waals surface area contributed by atoms with Crippen LogP contribution in [-0.4, -0.2) is 61.8 Å². The number of morpholine rings is 1. The fraction of sp³-hybridized carbons (Fsp3) is 0.560. The molecule has 1 saturated heterocycles. The summed E-state index contributed by atoms with van der Waals surface area (Å²) < 4.78 is 52.8. The Morgan fingerprint density at radius 3 is 2.39 bits per heavy atom. The van der Waals surface area contributed by atoms with Crippen LogP contribution in [0, 0.1) is 0 Å². The van der Waals surface area contributed by atoms with E-state index in [1.165, 1.54) is 12.1 Å². The third-order valence-electron chi connectivity index (χ3n) is 6.59. The summed E-state index contributed by atoms with van der Waals surface area (Å²) in [6.07, 6.45) is -2.43. The maximum atomic E-state index is 14.0. The Hall–Kier alpha value is -2.32. The quantitative estimate of drug-likeness (QED) is 0.543. The Bertz CT molecular complexity index is 920. The molecule has 0 aliphatic carbocycles. The lowest BCUT2D eigenvalue weighted by atomic mass is 9.67. The SMILES string of the molecule is CCOC(=O)C1=C(C)N(CCN2CCOCC2)C(C)=CC1(CC)c1ccccc1C(F)(F)F. The molecule has 0 N–H and O–H groups in total. The normalized spacial score (nSPS) is 22.4. The number of nitrogens with zero attached hydrogens (tertiary/aromatic N) is 2. The van der Waals surface area contributed by atoms with Gasteiger partial charge in [0.25, 0.3) is 0 Å². The first-order valence-electron chi connectivity index (χ1n) is 11.5. The Balaban J connectivity index is 2.11. The molecule has 3 rings (SSSR count). The molecule has 0 bridgehead atoms. The van der Waals surface area contributed by atoms with Crippen molar-refractivity contribution < 1.29 is 27.4 Å². The highest BCUT2D eigenvalue weighted by Gasteiger charge is 2.47. The second-order valence-electron chi connectivity index (χ2n) is 8.44. The highest BCUT2D eigenvalue weighted by atomic mass is 19.4. The fourth-order valence-electron chi connectivity index (χ4n) is 4.97. The summed E-state index contributed by atoms with van der Waals surface area (Å²) in [4.78, 5) is 17.5. The second-order valence-corrected chi connectivity index (χ2v) is 8.44. The first-order valence-corrected chi connectivity index (χ1v) is 11.5. The average Bonchev–Trinajstić information content (AvgIpc) is 2.78. The highest BCUT2D eigenvalue weighted by molar-refractivity contribution is 5.94. The van der Waals surface area contributed by atoms with Crippen LogP contribution in [0.3, 0.4) is 0 Å². The van der Waals surface area contributed by atoms with Crippen molar-refractivity contribution in [3.63, 3.8) is 0 Å². The maximum Gasteiger partial charge on any atom is 0.416 e. The molecule has 1 atom stereocenters. The Morgan fingerprint density at radius 1 is 1.12 bits per heavy atom. The second kappa shape index (κ2) is 10.3. The first-order chi connectivity index (χ1) is 15.7. The average molecular weight is 467 g/mol. The number of hydrogen-bond donors (Lipinski definition) is 0. The van der Waals surface area contributed by atoms with E-state index in [9.17, 15) is 18.0 Å². The summed E-state index contributed by atoms with van der Waals surface area (Å²) in [6, 6.07) is 5.53. The van der Waals surface area contributed by atoms with Crippen molar-refractivity contribution in [2.45, 2.75) is 45.7 Å². The molecule has 0 radical (unpaired) electrons. The van der Waals surface area contributed by atoms with E-state index in [0.29, 0.717) is 31.9 Å². The zero-order valence-electron chi connectivity index (χ0n) is 19.8. The van der Waals surface area contributed by atoms with Gasteiger partial charge in [0.05, 0.1) is 31.0 Å². The molecular weight excluding hydrogens is 433 g/mol. The van der Waals surface area contributed by atoms with Crippen LogP contribution >= 0.6 is 0 Å². The van der Waals surface area contributed by atoms with Crippen molar-refractivity contribution in [3.05, 3.63) is 58.4 Å². The van der Waals surface area contributed by atoms with Gasteiger partial charge >= 0.3 is 12.1 Å². The zero-order chi connectivity index (χ0) is 24.2. The van der Waals surface area contributed by atoms with E-state index in [0.717, 1.165) is 31.4 Å². The molecule has 0 spiro atoms. The molecule has 2 aliphatic heterocycles. The zero-order valence-corrected chi connectivity index (χ0v) is 19.8. The molecule has 2 aliphatic rings. The summed E-state index contributed by atoms with van der Waals surface area (Å²) in [7, 11) is 0. The Kier molecular flexibility index (Phi) is 7.90. The van der Waals surface area contributed by atoms with Crippen molar-refractivity contribution >= 4 is 5.97 Å². The lowest BCUT2D eigenvalue weighted by Crippen LogP contribution is -2.44. The molecule has 1 unspecified atom stereocenters. The van der Waals surface area contributed by atoms with Crippen LogP contribution in [0.25, 0.3) is 0 Å². The molecule has 33 heavy (non-hydrogen) atoms. The first kappa shape index (κ1) is 25.3. The summed E-state index contributed by atoms with van der Waals surface area (Å²) in [6.45, 7) is 11.8. The molecule has 182 valence electrons. The van der Waals surface area contributed by atoms with Gasteiger partial charge in [-0.2, -0.15) is 13.2 Å². The lowest BCUT2D eigenvalue weighted by molar-refractivity contribution is -0.141. The number of hydrogen-bond acceptors (Lipinski definition) is 5. The summed E-state index contributed by atoms with van der Waals surface area (Å²) in [5, 5.41) is 0. The smallest absolute Gasteiger partial charge is 0.416 e. The van der Waals surface area contributed by atoms with E-state index in [2.05, 4.69) is 4.90 Å². The fourth-order valence-corrected chi connectivity index (χ4v) is 4.97. The Morgan fingerprint density at radius 2 is 1.79 bits per heavy atom. The van der Waals surface area contributed by atoms with Crippen LogP contribution in [-0.2, 0) is 25.9 Å². The van der Waals surface area contributed by atoms with E-state index in [1.54, 1.807) is 13.0 Å². The third kappa shape index (κ3) is 5.11. The molecule has 0 amide bonds. The highest BCUT2D eigenvalue weighted by Crippen LogP contribution is 2.48. The number of ether oxygens (including phenoxy) is 2. The summed E-state index contributed by atoms with van der Waals surface area (Å²) in [5.41, 5.74) is -0.145. The van der Waals surface area contributed by atoms with E-state index in [-0.39, 0.29) is 17.7 Å².